The van der Waals surface area contributed by atoms with Gasteiger partial charge in [0.05, 0.1) is 22.8 Å². The predicted octanol–water partition coefficient (Wildman–Crippen LogP) is 12.1. The second kappa shape index (κ2) is 10.9. The van der Waals surface area contributed by atoms with Crippen LogP contribution in [0.2, 0.25) is 0 Å². The minimum Gasteiger partial charge on any atom is -0.455 e. The van der Waals surface area contributed by atoms with Gasteiger partial charge in [0.2, 0.25) is 0 Å². The van der Waals surface area contributed by atoms with Gasteiger partial charge in [-0.1, -0.05) is 109 Å². The van der Waals surface area contributed by atoms with Crippen molar-refractivity contribution in [2.45, 2.75) is 12.0 Å². The zero-order valence-corrected chi connectivity index (χ0v) is 27.6. The van der Waals surface area contributed by atoms with Gasteiger partial charge >= 0.3 is 0 Å². The standard InChI is InChI=1S/C47H31N3O/c1-4-16-42-35(10-1)36-11-2-5-17-43(36)50(42)33-24-26-45-40(29-33)39-28-31(34-13-9-14-38-37-12-3-6-18-46(37)51-47(34)38)21-25-44(39)49(45)32-22-19-30(20-23-32)41-15-7-8-27-48-41/h1-29,40,45H. The van der Waals surface area contributed by atoms with Crippen LogP contribution in [0.5, 0.6) is 0 Å². The third kappa shape index (κ3) is 4.23. The number of allylic oxidation sites excluding steroid dienone is 2. The van der Waals surface area contributed by atoms with E-state index >= 15 is 0 Å². The molecule has 240 valence electrons. The average molecular weight is 654 g/mol. The SMILES string of the molecule is C1=CC2C(C=C1n1c3ccccc3c3ccccc31)c1cc(-c3cccc4c3oc3ccccc34)ccc1N2c1ccc(-c2ccccn2)cc1. The van der Waals surface area contributed by atoms with Crippen LogP contribution in [0.4, 0.5) is 11.4 Å². The highest BCUT2D eigenvalue weighted by molar-refractivity contribution is 6.11. The molecule has 9 aromatic rings. The molecule has 4 heteroatoms. The summed E-state index contributed by atoms with van der Waals surface area (Å²) in [4.78, 5) is 7.09. The number of aromatic nitrogens is 2. The van der Waals surface area contributed by atoms with Gasteiger partial charge in [-0.15, -0.1) is 0 Å². The van der Waals surface area contributed by atoms with Crippen molar-refractivity contribution in [1.82, 2.24) is 9.55 Å². The van der Waals surface area contributed by atoms with Crippen LogP contribution in [-0.4, -0.2) is 15.6 Å². The van der Waals surface area contributed by atoms with Crippen LogP contribution in [0.25, 0.3) is 71.8 Å². The van der Waals surface area contributed by atoms with Crippen molar-refractivity contribution < 1.29 is 4.42 Å². The molecule has 0 radical (unpaired) electrons. The Morgan fingerprint density at radius 2 is 1.29 bits per heavy atom. The van der Waals surface area contributed by atoms with Gasteiger partial charge in [-0.2, -0.15) is 0 Å². The number of hydrogen-bond acceptors (Lipinski definition) is 3. The Bertz CT molecular complexity index is 2820. The van der Waals surface area contributed by atoms with Gasteiger partial charge in [0.1, 0.15) is 11.2 Å². The zero-order valence-electron chi connectivity index (χ0n) is 27.6. The Morgan fingerprint density at radius 1 is 0.588 bits per heavy atom. The van der Waals surface area contributed by atoms with Gasteiger partial charge < -0.3 is 13.9 Å². The highest BCUT2D eigenvalue weighted by Crippen LogP contribution is 2.51. The molecular formula is C47H31N3O. The summed E-state index contributed by atoms with van der Waals surface area (Å²) in [5.74, 6) is 0.130. The molecule has 0 fully saturated rings. The summed E-state index contributed by atoms with van der Waals surface area (Å²) < 4.78 is 8.94. The summed E-state index contributed by atoms with van der Waals surface area (Å²) in [6.07, 6.45) is 9.05. The van der Waals surface area contributed by atoms with E-state index in [1.165, 1.54) is 38.8 Å². The lowest BCUT2D eigenvalue weighted by molar-refractivity contribution is 0.670. The summed E-state index contributed by atoms with van der Waals surface area (Å²) in [5, 5.41) is 4.83. The van der Waals surface area contributed by atoms with E-state index in [1.54, 1.807) is 0 Å². The van der Waals surface area contributed by atoms with Gasteiger partial charge in [-0.3, -0.25) is 4.98 Å². The van der Waals surface area contributed by atoms with E-state index in [0.717, 1.165) is 50.0 Å². The molecule has 3 aromatic heterocycles. The van der Waals surface area contributed by atoms with Crippen molar-refractivity contribution >= 4 is 60.8 Å². The largest absolute Gasteiger partial charge is 0.455 e. The fourth-order valence-corrected chi connectivity index (χ4v) is 8.51. The number of benzene rings is 6. The number of hydrogen-bond donors (Lipinski definition) is 0. The number of para-hydroxylation sites is 4. The first-order chi connectivity index (χ1) is 25.3. The van der Waals surface area contributed by atoms with Gasteiger partial charge in [0.15, 0.2) is 0 Å². The topological polar surface area (TPSA) is 34.2 Å². The highest BCUT2D eigenvalue weighted by Gasteiger charge is 2.39. The molecule has 2 aliphatic rings. The first kappa shape index (κ1) is 28.2. The first-order valence-corrected chi connectivity index (χ1v) is 17.5. The Balaban J connectivity index is 1.09. The second-order valence-corrected chi connectivity index (χ2v) is 13.5. The second-order valence-electron chi connectivity index (χ2n) is 13.5. The van der Waals surface area contributed by atoms with E-state index < -0.39 is 0 Å². The number of pyridine rings is 1. The maximum Gasteiger partial charge on any atom is 0.143 e. The highest BCUT2D eigenvalue weighted by atomic mass is 16.3. The van der Waals surface area contributed by atoms with E-state index in [9.17, 15) is 0 Å². The lowest BCUT2D eigenvalue weighted by Crippen LogP contribution is -2.29. The number of rotatable bonds is 4. The molecule has 0 saturated carbocycles. The third-order valence-electron chi connectivity index (χ3n) is 10.8. The molecule has 2 atom stereocenters. The van der Waals surface area contributed by atoms with Gasteiger partial charge in [-0.25, -0.2) is 0 Å². The van der Waals surface area contributed by atoms with Crippen molar-refractivity contribution in [2.24, 2.45) is 0 Å². The van der Waals surface area contributed by atoms with Gasteiger partial charge in [0, 0.05) is 61.9 Å². The Kier molecular flexibility index (Phi) is 6.05. The van der Waals surface area contributed by atoms with E-state index in [0.29, 0.717) is 0 Å². The predicted molar refractivity (Wildman–Crippen MR) is 210 cm³/mol. The molecule has 51 heavy (non-hydrogen) atoms. The van der Waals surface area contributed by atoms with Crippen molar-refractivity contribution in [3.63, 3.8) is 0 Å². The Labute approximate surface area is 294 Å². The van der Waals surface area contributed by atoms with Crippen LogP contribution >= 0.6 is 0 Å². The lowest BCUT2D eigenvalue weighted by Gasteiger charge is -2.30. The first-order valence-electron chi connectivity index (χ1n) is 17.5. The van der Waals surface area contributed by atoms with Gasteiger partial charge in [0.25, 0.3) is 0 Å². The third-order valence-corrected chi connectivity index (χ3v) is 10.8. The van der Waals surface area contributed by atoms with Crippen LogP contribution in [0.15, 0.2) is 181 Å². The summed E-state index contributed by atoms with van der Waals surface area (Å²) in [6.45, 7) is 0. The van der Waals surface area contributed by atoms with E-state index in [4.69, 9.17) is 4.42 Å². The van der Waals surface area contributed by atoms with Crippen molar-refractivity contribution in [1.29, 1.82) is 0 Å². The van der Waals surface area contributed by atoms with Crippen molar-refractivity contribution in [3.05, 3.63) is 182 Å². The van der Waals surface area contributed by atoms with Crippen LogP contribution < -0.4 is 4.90 Å². The minimum atomic E-state index is 0.120. The van der Waals surface area contributed by atoms with Crippen LogP contribution in [0.3, 0.4) is 0 Å². The number of fused-ring (bicyclic) bond motifs is 9. The average Bonchev–Trinajstić information content (AvgIpc) is 3.86. The zero-order chi connectivity index (χ0) is 33.5. The fraction of sp³-hybridized carbons (Fsp3) is 0.0426. The lowest BCUT2D eigenvalue weighted by atomic mass is 9.88. The Hall–Kier alpha value is -6.65. The molecule has 4 nitrogen and oxygen atoms in total. The van der Waals surface area contributed by atoms with Gasteiger partial charge in [-0.05, 0) is 71.8 Å². The molecular weight excluding hydrogens is 623 g/mol. The van der Waals surface area contributed by atoms with Crippen LogP contribution in [-0.2, 0) is 0 Å². The molecule has 0 bridgehead atoms. The number of nitrogens with zero attached hydrogens (tertiary/aromatic N) is 3. The molecule has 0 N–H and O–H groups in total. The molecule has 1 aliphatic heterocycles. The molecule has 4 heterocycles. The van der Waals surface area contributed by atoms with E-state index in [1.807, 2.05) is 24.4 Å². The smallest absolute Gasteiger partial charge is 0.143 e. The molecule has 11 rings (SSSR count). The maximum absolute atomic E-state index is 6.51. The molecule has 0 spiro atoms. The summed E-state index contributed by atoms with van der Waals surface area (Å²) in [7, 11) is 0. The minimum absolute atomic E-state index is 0.120. The maximum atomic E-state index is 6.51. The summed E-state index contributed by atoms with van der Waals surface area (Å²) in [5.41, 5.74) is 13.5. The van der Waals surface area contributed by atoms with Crippen molar-refractivity contribution in [2.75, 3.05) is 4.90 Å². The van der Waals surface area contributed by atoms with Crippen molar-refractivity contribution in [3.8, 4) is 22.4 Å². The number of furan rings is 1. The normalized spacial score (nSPS) is 16.6. The quantitative estimate of drug-likeness (QED) is 0.190. The number of anilines is 2. The molecule has 6 aromatic carbocycles. The van der Waals surface area contributed by atoms with Crippen LogP contribution in [0, 0.1) is 0 Å². The van der Waals surface area contributed by atoms with Crippen LogP contribution in [0.1, 0.15) is 11.5 Å². The van der Waals surface area contributed by atoms with E-state index in [2.05, 4.69) is 166 Å². The molecule has 0 amide bonds. The fourth-order valence-electron chi connectivity index (χ4n) is 8.51. The molecule has 0 saturated heterocycles. The van der Waals surface area contributed by atoms with E-state index in [-0.39, 0.29) is 12.0 Å². The Morgan fingerprint density at radius 3 is 2.08 bits per heavy atom. The summed E-state index contributed by atoms with van der Waals surface area (Å²) >= 11 is 0. The molecule has 2 unspecified atom stereocenters. The summed E-state index contributed by atoms with van der Waals surface area (Å²) in [6, 6.07) is 54.3. The monoisotopic (exact) mass is 653 g/mol. The molecule has 1 aliphatic carbocycles.